The van der Waals surface area contributed by atoms with E-state index in [2.05, 4.69) is 13.8 Å². The van der Waals surface area contributed by atoms with E-state index in [1.165, 1.54) is 11.1 Å². The first-order chi connectivity index (χ1) is 10.1. The van der Waals surface area contributed by atoms with Crippen LogP contribution in [0.25, 0.3) is 0 Å². The van der Waals surface area contributed by atoms with Gasteiger partial charge in [0, 0.05) is 25.0 Å². The zero-order chi connectivity index (χ0) is 15.5. The molecule has 126 valence electrons. The van der Waals surface area contributed by atoms with Crippen molar-refractivity contribution < 1.29 is 14.6 Å². The molecule has 4 nitrogen and oxygen atoms in total. The Labute approximate surface area is 139 Å². The summed E-state index contributed by atoms with van der Waals surface area (Å²) in [4.78, 5) is 0. The number of nitrogens with two attached hydrogens (primary N) is 1. The lowest BCUT2D eigenvalue weighted by Gasteiger charge is -2.47. The molecule has 1 aliphatic rings. The average Bonchev–Trinajstić information content (AvgIpc) is 2.49. The van der Waals surface area contributed by atoms with Crippen molar-refractivity contribution in [2.45, 2.75) is 50.7 Å². The molecule has 0 fully saturated rings. The van der Waals surface area contributed by atoms with Crippen LogP contribution >= 0.6 is 12.4 Å². The fourth-order valence-electron chi connectivity index (χ4n) is 3.63. The molecule has 0 aliphatic heterocycles. The normalized spacial score (nSPS) is 22.7. The predicted octanol–water partition coefficient (Wildman–Crippen LogP) is 2.79. The first-order valence-electron chi connectivity index (χ1n) is 7.77. The minimum absolute atomic E-state index is 0. The number of hydrogen-bond donors (Lipinski definition) is 2. The van der Waals surface area contributed by atoms with Gasteiger partial charge < -0.3 is 20.3 Å². The third-order valence-electron chi connectivity index (χ3n) is 4.97. The van der Waals surface area contributed by atoms with Crippen molar-refractivity contribution in [1.82, 2.24) is 0 Å². The monoisotopic (exact) mass is 329 g/mol. The number of aromatic hydroxyl groups is 1. The lowest BCUT2D eigenvalue weighted by atomic mass is 9.63. The van der Waals surface area contributed by atoms with E-state index < -0.39 is 0 Å². The lowest BCUT2D eigenvalue weighted by molar-refractivity contribution is -0.0173. The molecule has 5 heteroatoms. The molecule has 0 aromatic heterocycles. The number of phenols is 1. The first kappa shape index (κ1) is 19.2. The molecule has 1 aromatic rings. The summed E-state index contributed by atoms with van der Waals surface area (Å²) in [6.45, 7) is 5.46. The quantitative estimate of drug-likeness (QED) is 0.788. The van der Waals surface area contributed by atoms with Gasteiger partial charge in [-0.05, 0) is 36.1 Å². The summed E-state index contributed by atoms with van der Waals surface area (Å²) in [5.74, 6) is 0.311. The van der Waals surface area contributed by atoms with E-state index in [0.29, 0.717) is 19.0 Å². The van der Waals surface area contributed by atoms with Crippen molar-refractivity contribution in [2.75, 3.05) is 20.3 Å². The van der Waals surface area contributed by atoms with Gasteiger partial charge in [-0.1, -0.05) is 19.9 Å². The molecule has 0 unspecified atom stereocenters. The largest absolute Gasteiger partial charge is 0.508 e. The Hall–Kier alpha value is -0.810. The summed E-state index contributed by atoms with van der Waals surface area (Å²) in [5.41, 5.74) is 8.87. The van der Waals surface area contributed by atoms with Crippen molar-refractivity contribution in [3.05, 3.63) is 29.3 Å². The van der Waals surface area contributed by atoms with Crippen LogP contribution in [0.3, 0.4) is 0 Å². The minimum Gasteiger partial charge on any atom is -0.508 e. The minimum atomic E-state index is -0.135. The summed E-state index contributed by atoms with van der Waals surface area (Å²) in [6.07, 6.45) is 2.66. The zero-order valence-corrected chi connectivity index (χ0v) is 14.5. The number of hydrogen-bond acceptors (Lipinski definition) is 4. The van der Waals surface area contributed by atoms with Crippen LogP contribution < -0.4 is 5.73 Å². The van der Waals surface area contributed by atoms with E-state index in [1.54, 1.807) is 13.2 Å². The molecule has 2 atom stereocenters. The maximum Gasteiger partial charge on any atom is 0.115 e. The van der Waals surface area contributed by atoms with Gasteiger partial charge in [0.25, 0.3) is 0 Å². The SMILES string of the molecule is CCC1(CC)c2cc(O)ccc2C[C@H](OCCOC)[C@H]1N.Cl. The summed E-state index contributed by atoms with van der Waals surface area (Å²) in [7, 11) is 1.67. The highest BCUT2D eigenvalue weighted by atomic mass is 35.5. The van der Waals surface area contributed by atoms with Crippen molar-refractivity contribution in [2.24, 2.45) is 5.73 Å². The highest BCUT2D eigenvalue weighted by Gasteiger charge is 2.45. The second-order valence-corrected chi connectivity index (χ2v) is 5.84. The second kappa shape index (κ2) is 8.16. The van der Waals surface area contributed by atoms with Crippen LogP contribution in [0.4, 0.5) is 0 Å². The van der Waals surface area contributed by atoms with Crippen LogP contribution in [-0.2, 0) is 21.3 Å². The fraction of sp³-hybridized carbons (Fsp3) is 0.647. The third-order valence-corrected chi connectivity index (χ3v) is 4.97. The lowest BCUT2D eigenvalue weighted by Crippen LogP contribution is -2.57. The van der Waals surface area contributed by atoms with Crippen LogP contribution in [0.2, 0.25) is 0 Å². The topological polar surface area (TPSA) is 64.7 Å². The first-order valence-corrected chi connectivity index (χ1v) is 7.77. The highest BCUT2D eigenvalue weighted by molar-refractivity contribution is 5.85. The van der Waals surface area contributed by atoms with Crippen LogP contribution in [0.1, 0.15) is 37.8 Å². The van der Waals surface area contributed by atoms with Crippen molar-refractivity contribution in [1.29, 1.82) is 0 Å². The Bertz CT molecular complexity index is 477. The standard InChI is InChI=1S/C17H27NO3.ClH/c1-4-17(5-2)14-11-13(19)7-6-12(14)10-15(16(17)18)21-9-8-20-3;/h6-7,11,15-16,19H,4-5,8-10,18H2,1-3H3;1H/t15-,16+;/m0./s1. The molecule has 2 rings (SSSR count). The van der Waals surface area contributed by atoms with Gasteiger partial charge in [-0.3, -0.25) is 0 Å². The van der Waals surface area contributed by atoms with Gasteiger partial charge in [0.2, 0.25) is 0 Å². The Morgan fingerprint density at radius 1 is 1.27 bits per heavy atom. The maximum atomic E-state index is 9.85. The Morgan fingerprint density at radius 3 is 2.55 bits per heavy atom. The van der Waals surface area contributed by atoms with Gasteiger partial charge in [0.15, 0.2) is 0 Å². The molecule has 0 bridgehead atoms. The number of fused-ring (bicyclic) bond motifs is 1. The Morgan fingerprint density at radius 2 is 1.95 bits per heavy atom. The average molecular weight is 330 g/mol. The summed E-state index contributed by atoms with van der Waals surface area (Å²) >= 11 is 0. The van der Waals surface area contributed by atoms with Gasteiger partial charge >= 0.3 is 0 Å². The summed E-state index contributed by atoms with van der Waals surface area (Å²) in [6, 6.07) is 5.56. The van der Waals surface area contributed by atoms with Crippen molar-refractivity contribution in [3.8, 4) is 5.75 Å². The molecular weight excluding hydrogens is 302 g/mol. The smallest absolute Gasteiger partial charge is 0.115 e. The van der Waals surface area contributed by atoms with E-state index in [0.717, 1.165) is 19.3 Å². The van der Waals surface area contributed by atoms with Crippen LogP contribution in [-0.4, -0.2) is 37.6 Å². The van der Waals surface area contributed by atoms with Crippen molar-refractivity contribution >= 4 is 12.4 Å². The van der Waals surface area contributed by atoms with Gasteiger partial charge in [-0.15, -0.1) is 12.4 Å². The van der Waals surface area contributed by atoms with Gasteiger partial charge in [0.05, 0.1) is 19.3 Å². The van der Waals surface area contributed by atoms with E-state index in [-0.39, 0.29) is 30.0 Å². The maximum absolute atomic E-state index is 9.85. The molecule has 22 heavy (non-hydrogen) atoms. The predicted molar refractivity (Wildman–Crippen MR) is 90.9 cm³/mol. The van der Waals surface area contributed by atoms with Crippen LogP contribution in [0, 0.1) is 0 Å². The van der Waals surface area contributed by atoms with Gasteiger partial charge in [-0.2, -0.15) is 0 Å². The number of benzene rings is 1. The molecule has 1 aromatic carbocycles. The Balaban J connectivity index is 0.00000242. The number of methoxy groups -OCH3 is 1. The number of rotatable bonds is 6. The van der Waals surface area contributed by atoms with E-state index >= 15 is 0 Å². The molecule has 0 radical (unpaired) electrons. The molecule has 0 saturated heterocycles. The zero-order valence-electron chi connectivity index (χ0n) is 13.7. The molecular formula is C17H28ClNO3. The van der Waals surface area contributed by atoms with Crippen LogP contribution in [0.15, 0.2) is 18.2 Å². The van der Waals surface area contributed by atoms with E-state index in [4.69, 9.17) is 15.2 Å². The molecule has 0 amide bonds. The van der Waals surface area contributed by atoms with Gasteiger partial charge in [-0.25, -0.2) is 0 Å². The molecule has 1 aliphatic carbocycles. The van der Waals surface area contributed by atoms with Crippen LogP contribution in [0.5, 0.6) is 5.75 Å². The summed E-state index contributed by atoms with van der Waals surface area (Å²) < 4.78 is 11.0. The highest BCUT2D eigenvalue weighted by Crippen LogP contribution is 2.43. The van der Waals surface area contributed by atoms with E-state index in [1.807, 2.05) is 12.1 Å². The second-order valence-electron chi connectivity index (χ2n) is 5.84. The third kappa shape index (κ3) is 3.40. The number of halogens is 1. The molecule has 0 spiro atoms. The molecule has 3 N–H and O–H groups in total. The van der Waals surface area contributed by atoms with Gasteiger partial charge in [0.1, 0.15) is 5.75 Å². The number of phenolic OH excluding ortho intramolecular Hbond substituents is 1. The fourth-order valence-corrected chi connectivity index (χ4v) is 3.63. The van der Waals surface area contributed by atoms with E-state index in [9.17, 15) is 5.11 Å². The Kier molecular flexibility index (Phi) is 7.13. The van der Waals surface area contributed by atoms with Crippen molar-refractivity contribution in [3.63, 3.8) is 0 Å². The molecule has 0 saturated carbocycles. The molecule has 0 heterocycles. The number of ether oxygens (including phenoxy) is 2. The summed E-state index contributed by atoms with van der Waals surface area (Å²) in [5, 5.41) is 9.85.